The van der Waals surface area contributed by atoms with Crippen molar-refractivity contribution in [3.8, 4) is 11.5 Å². The Hall–Kier alpha value is -3.47. The number of oxazole rings is 1. The van der Waals surface area contributed by atoms with Crippen LogP contribution in [0.25, 0.3) is 22.6 Å². The van der Waals surface area contributed by atoms with Crippen LogP contribution in [0.2, 0.25) is 0 Å². The van der Waals surface area contributed by atoms with Crippen LogP contribution in [0.15, 0.2) is 65.3 Å². The van der Waals surface area contributed by atoms with E-state index in [2.05, 4.69) is 15.3 Å². The Balaban J connectivity index is 1.68. The molecule has 2 heterocycles. The van der Waals surface area contributed by atoms with Crippen molar-refractivity contribution >= 4 is 22.7 Å². The Morgan fingerprint density at radius 1 is 1.00 bits per heavy atom. The molecule has 0 aliphatic carbocycles. The van der Waals surface area contributed by atoms with Crippen LogP contribution in [-0.2, 0) is 0 Å². The van der Waals surface area contributed by atoms with Gasteiger partial charge in [-0.3, -0.25) is 9.78 Å². The highest BCUT2D eigenvalue weighted by Crippen LogP contribution is 2.28. The third kappa shape index (κ3) is 3.07. The highest BCUT2D eigenvalue weighted by Gasteiger charge is 2.12. The Labute approximate surface area is 150 Å². The van der Waals surface area contributed by atoms with E-state index in [0.717, 1.165) is 33.5 Å². The van der Waals surface area contributed by atoms with Gasteiger partial charge in [0.2, 0.25) is 5.89 Å². The molecule has 2 aromatic carbocycles. The molecule has 1 N–H and O–H groups in total. The molecule has 4 aromatic rings. The molecule has 0 atom stereocenters. The first-order valence-electron chi connectivity index (χ1n) is 8.30. The van der Waals surface area contributed by atoms with E-state index >= 15 is 0 Å². The highest BCUT2D eigenvalue weighted by molar-refractivity contribution is 6.04. The molecule has 1 amide bonds. The highest BCUT2D eigenvalue weighted by atomic mass is 16.3. The molecule has 0 saturated carbocycles. The van der Waals surface area contributed by atoms with Gasteiger partial charge in [0.05, 0.1) is 0 Å². The first-order valence-corrected chi connectivity index (χ1v) is 8.30. The van der Waals surface area contributed by atoms with Gasteiger partial charge in [0, 0.05) is 29.2 Å². The van der Waals surface area contributed by atoms with Crippen molar-refractivity contribution in [1.82, 2.24) is 9.97 Å². The van der Waals surface area contributed by atoms with E-state index in [1.165, 1.54) is 0 Å². The van der Waals surface area contributed by atoms with Crippen molar-refractivity contribution < 1.29 is 9.21 Å². The molecule has 2 aromatic heterocycles. The van der Waals surface area contributed by atoms with Crippen LogP contribution in [0.5, 0.6) is 0 Å². The van der Waals surface area contributed by atoms with E-state index in [9.17, 15) is 4.79 Å². The number of pyridine rings is 1. The van der Waals surface area contributed by atoms with Gasteiger partial charge in [0.25, 0.3) is 5.91 Å². The fourth-order valence-electron chi connectivity index (χ4n) is 2.74. The van der Waals surface area contributed by atoms with Crippen LogP contribution < -0.4 is 5.32 Å². The summed E-state index contributed by atoms with van der Waals surface area (Å²) in [4.78, 5) is 20.9. The fraction of sp³-hybridized carbons (Fsp3) is 0.0952. The minimum atomic E-state index is -0.180. The number of anilines is 1. The maximum Gasteiger partial charge on any atom is 0.255 e. The monoisotopic (exact) mass is 343 g/mol. The van der Waals surface area contributed by atoms with E-state index in [0.29, 0.717) is 11.5 Å². The van der Waals surface area contributed by atoms with Crippen molar-refractivity contribution in [2.24, 2.45) is 0 Å². The van der Waals surface area contributed by atoms with Gasteiger partial charge in [-0.25, -0.2) is 4.98 Å². The van der Waals surface area contributed by atoms with E-state index in [4.69, 9.17) is 4.42 Å². The lowest BCUT2D eigenvalue weighted by atomic mass is 10.1. The summed E-state index contributed by atoms with van der Waals surface area (Å²) < 4.78 is 5.89. The van der Waals surface area contributed by atoms with Crippen molar-refractivity contribution in [2.45, 2.75) is 13.8 Å². The van der Waals surface area contributed by atoms with Crippen molar-refractivity contribution in [1.29, 1.82) is 0 Å². The number of rotatable bonds is 3. The van der Waals surface area contributed by atoms with Crippen LogP contribution >= 0.6 is 0 Å². The zero-order valence-electron chi connectivity index (χ0n) is 14.5. The van der Waals surface area contributed by atoms with Gasteiger partial charge in [0.15, 0.2) is 5.58 Å². The van der Waals surface area contributed by atoms with Gasteiger partial charge >= 0.3 is 0 Å². The molecular formula is C21H17N3O2. The van der Waals surface area contributed by atoms with Crippen LogP contribution in [0.4, 0.5) is 5.69 Å². The summed E-state index contributed by atoms with van der Waals surface area (Å²) in [6, 6.07) is 15.0. The number of nitrogens with one attached hydrogen (secondary N) is 1. The molecule has 0 fully saturated rings. The number of amides is 1. The third-order valence-corrected chi connectivity index (χ3v) is 4.22. The normalized spacial score (nSPS) is 10.8. The maximum absolute atomic E-state index is 12.4. The number of aromatic nitrogens is 2. The Bertz CT molecular complexity index is 1100. The first-order chi connectivity index (χ1) is 12.6. The maximum atomic E-state index is 12.4. The van der Waals surface area contributed by atoms with Crippen molar-refractivity contribution in [2.75, 3.05) is 5.32 Å². The molecule has 0 aliphatic heterocycles. The van der Waals surface area contributed by atoms with Crippen molar-refractivity contribution in [3.05, 3.63) is 77.6 Å². The predicted molar refractivity (Wildman–Crippen MR) is 101 cm³/mol. The summed E-state index contributed by atoms with van der Waals surface area (Å²) in [6.45, 7) is 3.96. The Morgan fingerprint density at radius 2 is 1.81 bits per heavy atom. The van der Waals surface area contributed by atoms with Crippen LogP contribution in [0.1, 0.15) is 21.5 Å². The summed E-state index contributed by atoms with van der Waals surface area (Å²) in [5.41, 5.74) is 5.74. The zero-order valence-corrected chi connectivity index (χ0v) is 14.5. The molecule has 0 bridgehead atoms. The quantitative estimate of drug-likeness (QED) is 0.582. The van der Waals surface area contributed by atoms with Gasteiger partial charge < -0.3 is 9.73 Å². The van der Waals surface area contributed by atoms with E-state index < -0.39 is 0 Å². The average molecular weight is 343 g/mol. The number of carbonyl (C=O) groups excluding carboxylic acids is 1. The van der Waals surface area contributed by atoms with E-state index in [-0.39, 0.29) is 5.91 Å². The molecule has 128 valence electrons. The van der Waals surface area contributed by atoms with Gasteiger partial charge in [0.1, 0.15) is 5.52 Å². The molecule has 0 aliphatic rings. The zero-order chi connectivity index (χ0) is 18.1. The minimum Gasteiger partial charge on any atom is -0.436 e. The lowest BCUT2D eigenvalue weighted by Crippen LogP contribution is -2.12. The average Bonchev–Trinajstić information content (AvgIpc) is 3.07. The van der Waals surface area contributed by atoms with Gasteiger partial charge in [-0.1, -0.05) is 12.1 Å². The molecule has 0 unspecified atom stereocenters. The number of hydrogen-bond donors (Lipinski definition) is 1. The number of fused-ring (bicyclic) bond motifs is 1. The number of hydrogen-bond acceptors (Lipinski definition) is 4. The molecule has 0 spiro atoms. The van der Waals surface area contributed by atoms with Crippen LogP contribution in [0, 0.1) is 13.8 Å². The number of aryl methyl sites for hydroxylation is 2. The van der Waals surface area contributed by atoms with Crippen LogP contribution in [0.3, 0.4) is 0 Å². The summed E-state index contributed by atoms with van der Waals surface area (Å²) in [5, 5.41) is 2.94. The standard InChI is InChI=1S/C21H17N3O2/c1-13-3-6-17-19(11-13)26-21(24-17)16-5-4-14(2)18(12-16)23-20(25)15-7-9-22-10-8-15/h3-12H,1-2H3,(H,23,25). The molecule has 4 rings (SSSR count). The van der Waals surface area contributed by atoms with E-state index in [1.54, 1.807) is 24.5 Å². The molecule has 5 nitrogen and oxygen atoms in total. The second kappa shape index (κ2) is 6.44. The summed E-state index contributed by atoms with van der Waals surface area (Å²) in [7, 11) is 0. The third-order valence-electron chi connectivity index (χ3n) is 4.22. The number of benzene rings is 2. The van der Waals surface area contributed by atoms with E-state index in [1.807, 2.05) is 50.2 Å². The fourth-order valence-corrected chi connectivity index (χ4v) is 2.74. The smallest absolute Gasteiger partial charge is 0.255 e. The van der Waals surface area contributed by atoms with Crippen LogP contribution in [-0.4, -0.2) is 15.9 Å². The minimum absolute atomic E-state index is 0.180. The molecule has 0 saturated heterocycles. The summed E-state index contributed by atoms with van der Waals surface area (Å²) >= 11 is 0. The molecule has 26 heavy (non-hydrogen) atoms. The Kier molecular flexibility index (Phi) is 3.97. The molecule has 0 radical (unpaired) electrons. The summed E-state index contributed by atoms with van der Waals surface area (Å²) in [5.74, 6) is 0.353. The predicted octanol–water partition coefficient (Wildman–Crippen LogP) is 4.76. The summed E-state index contributed by atoms with van der Waals surface area (Å²) in [6.07, 6.45) is 3.19. The first kappa shape index (κ1) is 16.0. The second-order valence-electron chi connectivity index (χ2n) is 6.21. The van der Waals surface area contributed by atoms with Gasteiger partial charge in [-0.2, -0.15) is 0 Å². The Morgan fingerprint density at radius 3 is 2.62 bits per heavy atom. The SMILES string of the molecule is Cc1ccc2nc(-c3ccc(C)c(NC(=O)c4ccncc4)c3)oc2c1. The molecular weight excluding hydrogens is 326 g/mol. The lowest BCUT2D eigenvalue weighted by Gasteiger charge is -2.09. The van der Waals surface area contributed by atoms with Gasteiger partial charge in [-0.05, 0) is 61.4 Å². The topological polar surface area (TPSA) is 68.0 Å². The lowest BCUT2D eigenvalue weighted by molar-refractivity contribution is 0.102. The largest absolute Gasteiger partial charge is 0.436 e. The number of carbonyl (C=O) groups is 1. The van der Waals surface area contributed by atoms with Gasteiger partial charge in [-0.15, -0.1) is 0 Å². The molecule has 5 heteroatoms. The van der Waals surface area contributed by atoms with Crippen molar-refractivity contribution in [3.63, 3.8) is 0 Å². The second-order valence-corrected chi connectivity index (χ2v) is 6.21. The number of nitrogens with zero attached hydrogens (tertiary/aromatic N) is 2.